The van der Waals surface area contributed by atoms with Gasteiger partial charge in [-0.2, -0.15) is 5.26 Å². The lowest BCUT2D eigenvalue weighted by atomic mass is 9.95. The summed E-state index contributed by atoms with van der Waals surface area (Å²) in [6.07, 6.45) is 7.78. The van der Waals surface area contributed by atoms with Crippen LogP contribution >= 0.6 is 0 Å². The Balaban J connectivity index is 1.58. The van der Waals surface area contributed by atoms with E-state index in [4.69, 9.17) is 9.51 Å². The van der Waals surface area contributed by atoms with E-state index >= 15 is 0 Å². The van der Waals surface area contributed by atoms with Crippen molar-refractivity contribution >= 4 is 5.82 Å². The van der Waals surface area contributed by atoms with E-state index in [1.807, 2.05) is 36.2 Å². The van der Waals surface area contributed by atoms with Crippen LogP contribution in [0.5, 0.6) is 0 Å². The number of hydrogen-bond acceptors (Lipinski definition) is 6. The first-order valence-electron chi connectivity index (χ1n) is 8.74. The Kier molecular flexibility index (Phi) is 4.36. The molecule has 0 fully saturated rings. The molecule has 0 amide bonds. The van der Waals surface area contributed by atoms with Gasteiger partial charge >= 0.3 is 0 Å². The van der Waals surface area contributed by atoms with Crippen LogP contribution < -0.4 is 4.90 Å². The first-order chi connectivity index (χ1) is 12.7. The van der Waals surface area contributed by atoms with Crippen LogP contribution in [0.2, 0.25) is 0 Å². The molecule has 26 heavy (non-hydrogen) atoms. The fourth-order valence-electron chi connectivity index (χ4n) is 3.35. The van der Waals surface area contributed by atoms with Gasteiger partial charge in [-0.15, -0.1) is 0 Å². The summed E-state index contributed by atoms with van der Waals surface area (Å²) in [5.74, 6) is 1.43. The molecule has 0 unspecified atom stereocenters. The fraction of sp³-hybridized carbons (Fsp3) is 0.300. The maximum Gasteiger partial charge on any atom is 0.156 e. The minimum atomic E-state index is 0.499. The van der Waals surface area contributed by atoms with Gasteiger partial charge < -0.3 is 9.42 Å². The molecule has 0 atom stereocenters. The molecule has 3 aromatic heterocycles. The van der Waals surface area contributed by atoms with Gasteiger partial charge in [0, 0.05) is 36.8 Å². The third-order valence-corrected chi connectivity index (χ3v) is 4.69. The number of hydrogen-bond donors (Lipinski definition) is 0. The van der Waals surface area contributed by atoms with Crippen LogP contribution in [-0.4, -0.2) is 22.2 Å². The molecule has 3 heterocycles. The normalized spacial score (nSPS) is 13.1. The van der Waals surface area contributed by atoms with E-state index in [0.29, 0.717) is 17.9 Å². The van der Waals surface area contributed by atoms with E-state index in [0.717, 1.165) is 42.0 Å². The average molecular weight is 345 g/mol. The van der Waals surface area contributed by atoms with Crippen molar-refractivity contribution in [2.45, 2.75) is 32.2 Å². The van der Waals surface area contributed by atoms with Crippen LogP contribution in [-0.2, 0) is 19.4 Å². The number of fused-ring (bicyclic) bond motifs is 1. The van der Waals surface area contributed by atoms with E-state index < -0.39 is 0 Å². The topological polar surface area (TPSA) is 78.8 Å². The Bertz CT molecular complexity index is 958. The average Bonchev–Trinajstić information content (AvgIpc) is 3.16. The lowest BCUT2D eigenvalue weighted by molar-refractivity contribution is 0.384. The number of aryl methyl sites for hydroxylation is 2. The predicted octanol–water partition coefficient (Wildman–Crippen LogP) is 3.52. The summed E-state index contributed by atoms with van der Waals surface area (Å²) in [5.41, 5.74) is 4.68. The highest BCUT2D eigenvalue weighted by atomic mass is 16.5. The number of aromatic nitrogens is 3. The molecule has 0 radical (unpaired) electrons. The van der Waals surface area contributed by atoms with Crippen molar-refractivity contribution in [1.29, 1.82) is 5.26 Å². The van der Waals surface area contributed by atoms with Crippen LogP contribution in [0, 0.1) is 11.3 Å². The van der Waals surface area contributed by atoms with Crippen molar-refractivity contribution in [1.82, 2.24) is 15.1 Å². The zero-order chi connectivity index (χ0) is 17.9. The van der Waals surface area contributed by atoms with Gasteiger partial charge in [0.1, 0.15) is 17.6 Å². The fourth-order valence-corrected chi connectivity index (χ4v) is 3.35. The largest absolute Gasteiger partial charge is 0.359 e. The molecule has 0 aliphatic heterocycles. The van der Waals surface area contributed by atoms with Gasteiger partial charge in [-0.3, -0.25) is 4.98 Å². The number of nitrogens with zero attached hydrogens (tertiary/aromatic N) is 5. The van der Waals surface area contributed by atoms with Crippen molar-refractivity contribution in [3.05, 3.63) is 59.2 Å². The molecular weight excluding hydrogens is 326 g/mol. The van der Waals surface area contributed by atoms with E-state index in [9.17, 15) is 5.26 Å². The summed E-state index contributed by atoms with van der Waals surface area (Å²) in [6, 6.07) is 9.98. The SMILES string of the molecule is CN(Cc1cc(-c2ccncc2)no1)c1nc2c(cc1C#N)CCCC2. The van der Waals surface area contributed by atoms with Gasteiger partial charge in [0.05, 0.1) is 12.1 Å². The first kappa shape index (κ1) is 16.3. The van der Waals surface area contributed by atoms with Crippen LogP contribution in [0.3, 0.4) is 0 Å². The third kappa shape index (κ3) is 3.16. The van der Waals surface area contributed by atoms with E-state index in [-0.39, 0.29) is 0 Å². The molecule has 6 heteroatoms. The molecule has 0 aromatic carbocycles. The summed E-state index contributed by atoms with van der Waals surface area (Å²) in [4.78, 5) is 10.7. The second kappa shape index (κ2) is 6.96. The molecule has 0 saturated heterocycles. The van der Waals surface area contributed by atoms with E-state index in [1.54, 1.807) is 12.4 Å². The quantitative estimate of drug-likeness (QED) is 0.720. The van der Waals surface area contributed by atoms with Gasteiger partial charge in [0.25, 0.3) is 0 Å². The maximum atomic E-state index is 9.53. The van der Waals surface area contributed by atoms with Crippen molar-refractivity contribution in [3.63, 3.8) is 0 Å². The second-order valence-corrected chi connectivity index (χ2v) is 6.55. The molecular formula is C20H19N5O. The Labute approximate surface area is 152 Å². The van der Waals surface area contributed by atoms with Gasteiger partial charge in [0.15, 0.2) is 5.76 Å². The summed E-state index contributed by atoms with van der Waals surface area (Å²) in [5, 5.41) is 13.7. The van der Waals surface area contributed by atoms with Crippen LogP contribution in [0.25, 0.3) is 11.3 Å². The lowest BCUT2D eigenvalue weighted by Gasteiger charge is -2.22. The highest BCUT2D eigenvalue weighted by molar-refractivity contribution is 5.59. The summed E-state index contributed by atoms with van der Waals surface area (Å²) >= 11 is 0. The zero-order valence-electron chi connectivity index (χ0n) is 14.6. The van der Waals surface area contributed by atoms with Crippen molar-refractivity contribution < 1.29 is 4.52 Å². The number of rotatable bonds is 4. The summed E-state index contributed by atoms with van der Waals surface area (Å²) < 4.78 is 5.47. The summed E-state index contributed by atoms with van der Waals surface area (Å²) in [6.45, 7) is 0.499. The highest BCUT2D eigenvalue weighted by Crippen LogP contribution is 2.27. The molecule has 0 bridgehead atoms. The Morgan fingerprint density at radius 3 is 2.81 bits per heavy atom. The molecule has 0 N–H and O–H groups in total. The second-order valence-electron chi connectivity index (χ2n) is 6.55. The number of nitriles is 1. The third-order valence-electron chi connectivity index (χ3n) is 4.69. The first-order valence-corrected chi connectivity index (χ1v) is 8.74. The molecule has 4 rings (SSSR count). The van der Waals surface area contributed by atoms with Crippen molar-refractivity contribution in [3.8, 4) is 17.3 Å². The van der Waals surface area contributed by atoms with Gasteiger partial charge in [0.2, 0.25) is 0 Å². The monoisotopic (exact) mass is 345 g/mol. The maximum absolute atomic E-state index is 9.53. The van der Waals surface area contributed by atoms with Crippen molar-refractivity contribution in [2.75, 3.05) is 11.9 Å². The molecule has 0 spiro atoms. The van der Waals surface area contributed by atoms with Crippen LogP contribution in [0.4, 0.5) is 5.82 Å². The summed E-state index contributed by atoms with van der Waals surface area (Å²) in [7, 11) is 1.92. The molecule has 130 valence electrons. The molecule has 1 aliphatic rings. The van der Waals surface area contributed by atoms with Gasteiger partial charge in [-0.1, -0.05) is 5.16 Å². The minimum Gasteiger partial charge on any atom is -0.359 e. The van der Waals surface area contributed by atoms with Crippen LogP contribution in [0.1, 0.15) is 35.4 Å². The Morgan fingerprint density at radius 2 is 2.00 bits per heavy atom. The molecule has 6 nitrogen and oxygen atoms in total. The van der Waals surface area contributed by atoms with Crippen LogP contribution in [0.15, 0.2) is 41.2 Å². The standard InChI is InChI=1S/C20H19N5O/c1-25(13-17-11-19(24-26-17)14-6-8-22-9-7-14)20-16(12-21)10-15-4-2-3-5-18(15)23-20/h6-11H,2-5,13H2,1H3. The lowest BCUT2D eigenvalue weighted by Crippen LogP contribution is -2.20. The van der Waals surface area contributed by atoms with Gasteiger partial charge in [-0.25, -0.2) is 4.98 Å². The molecule has 0 saturated carbocycles. The van der Waals surface area contributed by atoms with Crippen molar-refractivity contribution in [2.24, 2.45) is 0 Å². The smallest absolute Gasteiger partial charge is 0.156 e. The minimum absolute atomic E-state index is 0.499. The Hall–Kier alpha value is -3.20. The number of pyridine rings is 2. The van der Waals surface area contributed by atoms with Gasteiger partial charge in [-0.05, 0) is 49.4 Å². The van der Waals surface area contributed by atoms with E-state index in [1.165, 1.54) is 12.0 Å². The zero-order valence-corrected chi connectivity index (χ0v) is 14.6. The molecule has 1 aliphatic carbocycles. The predicted molar refractivity (Wildman–Crippen MR) is 97.4 cm³/mol. The number of anilines is 1. The van der Waals surface area contributed by atoms with E-state index in [2.05, 4.69) is 16.2 Å². The highest BCUT2D eigenvalue weighted by Gasteiger charge is 2.18. The molecule has 3 aromatic rings. The Morgan fingerprint density at radius 1 is 1.19 bits per heavy atom.